The molecular formula is C14H19NO2. The molecule has 3 nitrogen and oxygen atoms in total. The summed E-state index contributed by atoms with van der Waals surface area (Å²) in [5.41, 5.74) is 1.20. The minimum absolute atomic E-state index is 0.121. The molecule has 0 spiro atoms. The summed E-state index contributed by atoms with van der Waals surface area (Å²) in [6.45, 7) is 6.77. The van der Waals surface area contributed by atoms with E-state index >= 15 is 0 Å². The van der Waals surface area contributed by atoms with Crippen LogP contribution in [0.5, 0.6) is 5.75 Å². The molecule has 0 aliphatic carbocycles. The number of benzene rings is 1. The number of amides is 1. The van der Waals surface area contributed by atoms with E-state index in [0.717, 1.165) is 18.6 Å². The Bertz CT molecular complexity index is 374. The normalized spacial score (nSPS) is 9.71. The van der Waals surface area contributed by atoms with Gasteiger partial charge in [0.1, 0.15) is 5.75 Å². The fourth-order valence-corrected chi connectivity index (χ4v) is 1.41. The highest BCUT2D eigenvalue weighted by Gasteiger charge is 1.95. The van der Waals surface area contributed by atoms with Gasteiger partial charge < -0.3 is 10.1 Å². The van der Waals surface area contributed by atoms with Crippen molar-refractivity contribution in [3.8, 4) is 5.75 Å². The quantitative estimate of drug-likeness (QED) is 0.580. The van der Waals surface area contributed by atoms with Crippen LogP contribution in [0.1, 0.15) is 18.4 Å². The zero-order chi connectivity index (χ0) is 12.5. The van der Waals surface area contributed by atoms with Crippen LogP contribution >= 0.6 is 0 Å². The van der Waals surface area contributed by atoms with Crippen molar-refractivity contribution in [3.05, 3.63) is 42.5 Å². The fourth-order valence-electron chi connectivity index (χ4n) is 1.41. The van der Waals surface area contributed by atoms with Gasteiger partial charge in [0.05, 0.1) is 6.61 Å². The minimum atomic E-state index is -0.121. The van der Waals surface area contributed by atoms with Crippen molar-refractivity contribution in [3.63, 3.8) is 0 Å². The first-order valence-corrected chi connectivity index (χ1v) is 5.82. The van der Waals surface area contributed by atoms with Gasteiger partial charge in [-0.3, -0.25) is 4.79 Å². The SMILES string of the molecule is C=CC(=O)NCCCCOc1cccc(C)c1. The molecule has 0 saturated heterocycles. The molecule has 92 valence electrons. The van der Waals surface area contributed by atoms with Gasteiger partial charge in [-0.1, -0.05) is 18.7 Å². The molecule has 17 heavy (non-hydrogen) atoms. The predicted molar refractivity (Wildman–Crippen MR) is 69.1 cm³/mol. The van der Waals surface area contributed by atoms with Gasteiger partial charge in [0, 0.05) is 6.54 Å². The maximum atomic E-state index is 10.8. The lowest BCUT2D eigenvalue weighted by molar-refractivity contribution is -0.116. The molecular weight excluding hydrogens is 214 g/mol. The van der Waals surface area contributed by atoms with E-state index in [9.17, 15) is 4.79 Å². The summed E-state index contributed by atoms with van der Waals surface area (Å²) in [5.74, 6) is 0.782. The molecule has 0 aromatic heterocycles. The number of nitrogens with one attached hydrogen (secondary N) is 1. The van der Waals surface area contributed by atoms with E-state index in [1.807, 2.05) is 31.2 Å². The Hall–Kier alpha value is -1.77. The average Bonchev–Trinajstić information content (AvgIpc) is 2.33. The zero-order valence-electron chi connectivity index (χ0n) is 10.2. The van der Waals surface area contributed by atoms with E-state index in [1.165, 1.54) is 11.6 Å². The van der Waals surface area contributed by atoms with Crippen molar-refractivity contribution in [1.29, 1.82) is 0 Å². The standard InChI is InChI=1S/C14H19NO2/c1-3-14(16)15-9-4-5-10-17-13-8-6-7-12(2)11-13/h3,6-8,11H,1,4-5,9-10H2,2H3,(H,15,16). The van der Waals surface area contributed by atoms with E-state index in [4.69, 9.17) is 4.74 Å². The lowest BCUT2D eigenvalue weighted by Crippen LogP contribution is -2.22. The Balaban J connectivity index is 2.08. The molecule has 0 aliphatic heterocycles. The lowest BCUT2D eigenvalue weighted by Gasteiger charge is -2.06. The van der Waals surface area contributed by atoms with Crippen LogP contribution in [-0.4, -0.2) is 19.1 Å². The second-order valence-corrected chi connectivity index (χ2v) is 3.87. The summed E-state index contributed by atoms with van der Waals surface area (Å²) in [4.78, 5) is 10.8. The minimum Gasteiger partial charge on any atom is -0.494 e. The molecule has 0 unspecified atom stereocenters. The number of carbonyl (C=O) groups is 1. The molecule has 0 saturated carbocycles. The van der Waals surface area contributed by atoms with Crippen molar-refractivity contribution < 1.29 is 9.53 Å². The molecule has 1 N–H and O–H groups in total. The Kier molecular flexibility index (Phi) is 5.86. The highest BCUT2D eigenvalue weighted by molar-refractivity contribution is 5.86. The van der Waals surface area contributed by atoms with Gasteiger partial charge in [0.25, 0.3) is 0 Å². The van der Waals surface area contributed by atoms with Crippen molar-refractivity contribution in [2.75, 3.05) is 13.2 Å². The van der Waals surface area contributed by atoms with Gasteiger partial charge in [-0.05, 0) is 43.5 Å². The van der Waals surface area contributed by atoms with Crippen LogP contribution in [-0.2, 0) is 4.79 Å². The molecule has 3 heteroatoms. The topological polar surface area (TPSA) is 38.3 Å². The summed E-state index contributed by atoms with van der Waals surface area (Å²) in [5, 5.41) is 2.73. The number of unbranched alkanes of at least 4 members (excludes halogenated alkanes) is 1. The highest BCUT2D eigenvalue weighted by atomic mass is 16.5. The summed E-state index contributed by atoms with van der Waals surface area (Å²) < 4.78 is 5.59. The van der Waals surface area contributed by atoms with Crippen molar-refractivity contribution in [2.45, 2.75) is 19.8 Å². The van der Waals surface area contributed by atoms with Gasteiger partial charge in [-0.25, -0.2) is 0 Å². The van der Waals surface area contributed by atoms with Crippen LogP contribution in [0.3, 0.4) is 0 Å². The first kappa shape index (κ1) is 13.3. The Morgan fingerprint density at radius 1 is 1.47 bits per heavy atom. The Morgan fingerprint density at radius 3 is 3.00 bits per heavy atom. The van der Waals surface area contributed by atoms with Gasteiger partial charge in [-0.15, -0.1) is 0 Å². The molecule has 0 fully saturated rings. The lowest BCUT2D eigenvalue weighted by atomic mass is 10.2. The molecule has 0 heterocycles. The van der Waals surface area contributed by atoms with Crippen LogP contribution in [0, 0.1) is 6.92 Å². The van der Waals surface area contributed by atoms with E-state index in [0.29, 0.717) is 13.2 Å². The largest absolute Gasteiger partial charge is 0.494 e. The van der Waals surface area contributed by atoms with E-state index in [2.05, 4.69) is 11.9 Å². The van der Waals surface area contributed by atoms with E-state index in [-0.39, 0.29) is 5.91 Å². The molecule has 0 radical (unpaired) electrons. The number of carbonyl (C=O) groups excluding carboxylic acids is 1. The van der Waals surface area contributed by atoms with E-state index < -0.39 is 0 Å². The predicted octanol–water partition coefficient (Wildman–Crippen LogP) is 2.46. The van der Waals surface area contributed by atoms with Crippen LogP contribution < -0.4 is 10.1 Å². The second-order valence-electron chi connectivity index (χ2n) is 3.87. The Morgan fingerprint density at radius 2 is 2.29 bits per heavy atom. The molecule has 0 bridgehead atoms. The van der Waals surface area contributed by atoms with Gasteiger partial charge in [0.15, 0.2) is 0 Å². The van der Waals surface area contributed by atoms with Gasteiger partial charge in [0.2, 0.25) is 5.91 Å². The maximum Gasteiger partial charge on any atom is 0.243 e. The van der Waals surface area contributed by atoms with Crippen molar-refractivity contribution in [1.82, 2.24) is 5.32 Å². The number of aryl methyl sites for hydroxylation is 1. The summed E-state index contributed by atoms with van der Waals surface area (Å²) in [6, 6.07) is 7.98. The number of hydrogen-bond acceptors (Lipinski definition) is 2. The number of rotatable bonds is 7. The van der Waals surface area contributed by atoms with Gasteiger partial charge >= 0.3 is 0 Å². The molecule has 1 aromatic rings. The van der Waals surface area contributed by atoms with Crippen LogP contribution in [0.2, 0.25) is 0 Å². The smallest absolute Gasteiger partial charge is 0.243 e. The number of hydrogen-bond donors (Lipinski definition) is 1. The first-order chi connectivity index (χ1) is 8.22. The van der Waals surface area contributed by atoms with Crippen LogP contribution in [0.4, 0.5) is 0 Å². The third kappa shape index (κ3) is 5.76. The zero-order valence-corrected chi connectivity index (χ0v) is 10.2. The van der Waals surface area contributed by atoms with Crippen LogP contribution in [0.15, 0.2) is 36.9 Å². The molecule has 1 aromatic carbocycles. The molecule has 1 amide bonds. The number of ether oxygens (including phenoxy) is 1. The molecule has 1 rings (SSSR count). The third-order valence-electron chi connectivity index (χ3n) is 2.31. The van der Waals surface area contributed by atoms with Crippen LogP contribution in [0.25, 0.3) is 0 Å². The first-order valence-electron chi connectivity index (χ1n) is 5.82. The third-order valence-corrected chi connectivity index (χ3v) is 2.31. The van der Waals surface area contributed by atoms with Crippen molar-refractivity contribution >= 4 is 5.91 Å². The summed E-state index contributed by atoms with van der Waals surface area (Å²) >= 11 is 0. The maximum absolute atomic E-state index is 10.8. The van der Waals surface area contributed by atoms with Gasteiger partial charge in [-0.2, -0.15) is 0 Å². The fraction of sp³-hybridized carbons (Fsp3) is 0.357. The summed E-state index contributed by atoms with van der Waals surface area (Å²) in [6.07, 6.45) is 3.11. The second kappa shape index (κ2) is 7.49. The summed E-state index contributed by atoms with van der Waals surface area (Å²) in [7, 11) is 0. The van der Waals surface area contributed by atoms with Crippen molar-refractivity contribution in [2.24, 2.45) is 0 Å². The average molecular weight is 233 g/mol. The Labute approximate surface area is 102 Å². The van der Waals surface area contributed by atoms with E-state index in [1.54, 1.807) is 0 Å². The molecule has 0 atom stereocenters. The monoisotopic (exact) mass is 233 g/mol. The molecule has 0 aliphatic rings. The highest BCUT2D eigenvalue weighted by Crippen LogP contribution is 2.12.